The van der Waals surface area contributed by atoms with Crippen LogP contribution in [0.25, 0.3) is 0 Å². The fourth-order valence-electron chi connectivity index (χ4n) is 6.86. The van der Waals surface area contributed by atoms with Crippen LogP contribution in [0.5, 0.6) is 0 Å². The zero-order valence-corrected chi connectivity index (χ0v) is 38.0. The summed E-state index contributed by atoms with van der Waals surface area (Å²) in [5.74, 6) is -0.0986. The molecule has 0 aliphatic carbocycles. The van der Waals surface area contributed by atoms with Crippen LogP contribution in [-0.4, -0.2) is 34.9 Å². The van der Waals surface area contributed by atoms with Crippen molar-refractivity contribution in [2.24, 2.45) is 0 Å². The van der Waals surface area contributed by atoms with Crippen molar-refractivity contribution in [3.63, 3.8) is 0 Å². The van der Waals surface area contributed by atoms with Gasteiger partial charge in [0.05, 0.1) is 18.8 Å². The van der Waals surface area contributed by atoms with Gasteiger partial charge in [-0.05, 0) is 77.0 Å². The van der Waals surface area contributed by atoms with E-state index in [1.165, 1.54) is 116 Å². The molecule has 4 heteroatoms. The van der Waals surface area contributed by atoms with Crippen molar-refractivity contribution in [1.82, 2.24) is 5.32 Å². The number of carbonyl (C=O) groups is 1. The molecular formula is C54H93NO3. The number of rotatable bonds is 43. The summed E-state index contributed by atoms with van der Waals surface area (Å²) in [4.78, 5) is 12.4. The van der Waals surface area contributed by atoms with Crippen molar-refractivity contribution < 1.29 is 15.0 Å². The largest absolute Gasteiger partial charge is 0.394 e. The van der Waals surface area contributed by atoms with Gasteiger partial charge < -0.3 is 15.5 Å². The highest BCUT2D eigenvalue weighted by atomic mass is 16.3. The van der Waals surface area contributed by atoms with Gasteiger partial charge in [0.15, 0.2) is 0 Å². The van der Waals surface area contributed by atoms with Crippen molar-refractivity contribution in [2.45, 2.75) is 231 Å². The van der Waals surface area contributed by atoms with E-state index in [-0.39, 0.29) is 12.5 Å². The van der Waals surface area contributed by atoms with Crippen LogP contribution in [0.2, 0.25) is 0 Å². The van der Waals surface area contributed by atoms with Gasteiger partial charge in [0, 0.05) is 6.42 Å². The fraction of sp³-hybridized carbons (Fsp3) is 0.685. The van der Waals surface area contributed by atoms with Gasteiger partial charge in [-0.15, -0.1) is 0 Å². The van der Waals surface area contributed by atoms with Crippen LogP contribution < -0.4 is 5.32 Å². The molecule has 0 spiro atoms. The van der Waals surface area contributed by atoms with Crippen LogP contribution >= 0.6 is 0 Å². The quantitative estimate of drug-likeness (QED) is 0.0425. The molecule has 0 fully saturated rings. The Hall–Kier alpha value is -2.69. The topological polar surface area (TPSA) is 69.6 Å². The maximum Gasteiger partial charge on any atom is 0.220 e. The summed E-state index contributed by atoms with van der Waals surface area (Å²) in [7, 11) is 0. The molecule has 0 aromatic rings. The van der Waals surface area contributed by atoms with E-state index >= 15 is 0 Å². The Kier molecular flexibility index (Phi) is 46.4. The van der Waals surface area contributed by atoms with Crippen molar-refractivity contribution in [1.29, 1.82) is 0 Å². The molecule has 0 saturated heterocycles. The molecule has 2 atom stereocenters. The Morgan fingerprint density at radius 1 is 0.431 bits per heavy atom. The molecule has 1 amide bonds. The van der Waals surface area contributed by atoms with Crippen LogP contribution in [0.15, 0.2) is 97.2 Å². The van der Waals surface area contributed by atoms with Crippen molar-refractivity contribution in [2.75, 3.05) is 6.61 Å². The lowest BCUT2D eigenvalue weighted by atomic mass is 10.0. The normalized spacial score (nSPS) is 13.8. The van der Waals surface area contributed by atoms with E-state index in [4.69, 9.17) is 0 Å². The van der Waals surface area contributed by atoms with Crippen molar-refractivity contribution in [3.8, 4) is 0 Å². The maximum absolute atomic E-state index is 12.4. The first kappa shape index (κ1) is 55.3. The zero-order valence-electron chi connectivity index (χ0n) is 38.0. The second kappa shape index (κ2) is 48.7. The Morgan fingerprint density at radius 2 is 0.759 bits per heavy atom. The molecule has 0 rings (SSSR count). The maximum atomic E-state index is 12.4. The number of allylic oxidation sites excluding steroid dienone is 15. The average Bonchev–Trinajstić information content (AvgIpc) is 3.23. The van der Waals surface area contributed by atoms with Gasteiger partial charge in [0.25, 0.3) is 0 Å². The van der Waals surface area contributed by atoms with E-state index in [0.717, 1.165) is 83.5 Å². The molecular weight excluding hydrogens is 711 g/mol. The fourth-order valence-corrected chi connectivity index (χ4v) is 6.86. The van der Waals surface area contributed by atoms with Gasteiger partial charge in [-0.3, -0.25) is 4.79 Å². The number of hydrogen-bond acceptors (Lipinski definition) is 3. The summed E-state index contributed by atoms with van der Waals surface area (Å²) >= 11 is 0. The highest BCUT2D eigenvalue weighted by Gasteiger charge is 2.17. The van der Waals surface area contributed by atoms with Crippen molar-refractivity contribution >= 4 is 5.91 Å². The van der Waals surface area contributed by atoms with Crippen LogP contribution in [0, 0.1) is 0 Å². The second-order valence-electron chi connectivity index (χ2n) is 16.1. The summed E-state index contributed by atoms with van der Waals surface area (Å²) in [5, 5.41) is 23.1. The monoisotopic (exact) mass is 804 g/mol. The van der Waals surface area contributed by atoms with Crippen LogP contribution in [0.1, 0.15) is 219 Å². The summed E-state index contributed by atoms with van der Waals surface area (Å²) in [5.41, 5.74) is 0. The Bertz CT molecular complexity index is 1090. The predicted octanol–water partition coefficient (Wildman–Crippen LogP) is 15.8. The first-order chi connectivity index (χ1) is 28.7. The lowest BCUT2D eigenvalue weighted by molar-refractivity contribution is -0.123. The third kappa shape index (κ3) is 44.4. The molecule has 4 nitrogen and oxygen atoms in total. The second-order valence-corrected chi connectivity index (χ2v) is 16.1. The van der Waals surface area contributed by atoms with E-state index in [1.54, 1.807) is 6.08 Å². The molecule has 0 bridgehead atoms. The number of hydrogen-bond donors (Lipinski definition) is 3. The highest BCUT2D eigenvalue weighted by molar-refractivity contribution is 5.76. The SMILES string of the molecule is CC/C=C\C/C=C\C/C=C\C/C=C\C/C=C\C/C=C\C/C=C\CCCCCC(=O)NC(CO)C(O)/C=C/CCCCCCCCCCCCCCCCCCCCC. The number of carbonyl (C=O) groups excluding carboxylic acids is 1. The third-order valence-corrected chi connectivity index (χ3v) is 10.6. The molecule has 58 heavy (non-hydrogen) atoms. The molecule has 0 aliphatic heterocycles. The van der Waals surface area contributed by atoms with Crippen LogP contribution in [-0.2, 0) is 4.79 Å². The Balaban J connectivity index is 3.68. The summed E-state index contributed by atoms with van der Waals surface area (Å²) in [6.07, 6.45) is 72.4. The summed E-state index contributed by atoms with van der Waals surface area (Å²) < 4.78 is 0. The van der Waals surface area contributed by atoms with E-state index in [2.05, 4.69) is 104 Å². The van der Waals surface area contributed by atoms with Gasteiger partial charge in [-0.25, -0.2) is 0 Å². The molecule has 0 saturated carbocycles. The van der Waals surface area contributed by atoms with Gasteiger partial charge in [-0.2, -0.15) is 0 Å². The first-order valence-electron chi connectivity index (χ1n) is 24.5. The van der Waals surface area contributed by atoms with E-state index in [9.17, 15) is 15.0 Å². The summed E-state index contributed by atoms with van der Waals surface area (Å²) in [6.45, 7) is 4.18. The molecule has 0 aliphatic rings. The van der Waals surface area contributed by atoms with Crippen molar-refractivity contribution in [3.05, 3.63) is 97.2 Å². The first-order valence-corrected chi connectivity index (χ1v) is 24.5. The predicted molar refractivity (Wildman–Crippen MR) is 257 cm³/mol. The number of unbranched alkanes of at least 4 members (excludes halogenated alkanes) is 22. The molecule has 332 valence electrons. The lowest BCUT2D eigenvalue weighted by Gasteiger charge is -2.19. The third-order valence-electron chi connectivity index (χ3n) is 10.6. The highest BCUT2D eigenvalue weighted by Crippen LogP contribution is 2.15. The molecule has 0 aromatic carbocycles. The number of nitrogens with one attached hydrogen (secondary N) is 1. The number of aliphatic hydroxyl groups excluding tert-OH is 2. The van der Waals surface area contributed by atoms with Gasteiger partial charge in [0.1, 0.15) is 0 Å². The number of amides is 1. The van der Waals surface area contributed by atoms with Gasteiger partial charge >= 0.3 is 0 Å². The molecule has 0 heterocycles. The molecule has 0 aromatic heterocycles. The van der Waals surface area contributed by atoms with Gasteiger partial charge in [-0.1, -0.05) is 233 Å². The number of aliphatic hydroxyl groups is 2. The molecule has 0 radical (unpaired) electrons. The van der Waals surface area contributed by atoms with Gasteiger partial charge in [0.2, 0.25) is 5.91 Å². The molecule has 3 N–H and O–H groups in total. The van der Waals surface area contributed by atoms with E-state index in [1.807, 2.05) is 6.08 Å². The smallest absolute Gasteiger partial charge is 0.220 e. The minimum absolute atomic E-state index is 0.0986. The van der Waals surface area contributed by atoms with E-state index in [0.29, 0.717) is 6.42 Å². The Labute approximate surface area is 360 Å². The average molecular weight is 804 g/mol. The van der Waals surface area contributed by atoms with Crippen LogP contribution in [0.3, 0.4) is 0 Å². The lowest BCUT2D eigenvalue weighted by Crippen LogP contribution is -2.45. The van der Waals surface area contributed by atoms with Crippen LogP contribution in [0.4, 0.5) is 0 Å². The Morgan fingerprint density at radius 3 is 1.14 bits per heavy atom. The summed E-state index contributed by atoms with van der Waals surface area (Å²) in [6, 6.07) is -0.647. The van der Waals surface area contributed by atoms with E-state index < -0.39 is 12.1 Å². The zero-order chi connectivity index (χ0) is 42.1. The molecule has 2 unspecified atom stereocenters. The standard InChI is InChI=1S/C54H93NO3/c1-3-5-7-9-11-13-15-17-19-21-23-25-26-27-28-30-32-34-36-38-40-42-44-46-48-50-54(58)55-52(51-56)53(57)49-47-45-43-41-39-37-35-33-31-29-24-22-20-18-16-14-12-10-8-6-4-2/h5,7,11,13,17,19,23,25,27-28,32,34,38,40,47,49,52-53,56-57H,3-4,6,8-10,12,14-16,18,20-22,24,26,29-31,33,35-37,39,41-46,48,50-51H2,1-2H3,(H,55,58)/b7-5-,13-11-,19-17-,25-23-,28-27-,34-32-,40-38-,49-47+. The minimum atomic E-state index is -0.861. The minimum Gasteiger partial charge on any atom is -0.394 e.